The molecule has 1 heterocycles. The van der Waals surface area contributed by atoms with Crippen molar-refractivity contribution in [3.63, 3.8) is 0 Å². The van der Waals surface area contributed by atoms with Gasteiger partial charge in [0.25, 0.3) is 5.69 Å². The number of hydrogen-bond acceptors (Lipinski definition) is 4. The number of nitrogens with zero attached hydrogens (tertiary/aromatic N) is 2. The van der Waals surface area contributed by atoms with Gasteiger partial charge >= 0.3 is 0 Å². The van der Waals surface area contributed by atoms with Crippen molar-refractivity contribution in [3.05, 3.63) is 58.4 Å². The molecule has 0 aromatic heterocycles. The van der Waals surface area contributed by atoms with Crippen molar-refractivity contribution in [2.45, 2.75) is 0 Å². The monoisotopic (exact) mass is 287 g/mol. The summed E-state index contributed by atoms with van der Waals surface area (Å²) in [5, 5.41) is 13.5. The minimum Gasteiger partial charge on any atom is -0.330 e. The number of nitro benzene ring substituents is 1. The normalized spacial score (nSPS) is 13.6. The Balaban J connectivity index is 2.12. The van der Waals surface area contributed by atoms with Gasteiger partial charge in [0.1, 0.15) is 12.4 Å². The van der Waals surface area contributed by atoms with Crippen LogP contribution in [0.5, 0.6) is 0 Å². The van der Waals surface area contributed by atoms with Gasteiger partial charge in [0.2, 0.25) is 5.91 Å². The van der Waals surface area contributed by atoms with Crippen LogP contribution in [0.25, 0.3) is 0 Å². The summed E-state index contributed by atoms with van der Waals surface area (Å²) in [6, 6.07) is 10.3. The summed E-state index contributed by atoms with van der Waals surface area (Å²) in [6.45, 7) is -0.0301. The first-order chi connectivity index (χ1) is 10.0. The van der Waals surface area contributed by atoms with Crippen LogP contribution in [0.15, 0.2) is 42.5 Å². The molecule has 3 rings (SSSR count). The van der Waals surface area contributed by atoms with Gasteiger partial charge in [-0.15, -0.1) is 0 Å². The van der Waals surface area contributed by atoms with E-state index >= 15 is 0 Å². The van der Waals surface area contributed by atoms with E-state index in [1.54, 1.807) is 29.2 Å². The number of amides is 1. The van der Waals surface area contributed by atoms with Crippen LogP contribution in [0.4, 0.5) is 27.1 Å². The number of nitrogens with one attached hydrogen (secondary N) is 1. The maximum absolute atomic E-state index is 13.6. The fraction of sp³-hybridized carbons (Fsp3) is 0.0714. The van der Waals surface area contributed by atoms with E-state index < -0.39 is 10.7 Å². The minimum atomic E-state index is -0.720. The summed E-state index contributed by atoms with van der Waals surface area (Å²) >= 11 is 0. The number of nitro groups is 1. The van der Waals surface area contributed by atoms with E-state index in [1.807, 2.05) is 0 Å². The topological polar surface area (TPSA) is 75.5 Å². The van der Waals surface area contributed by atoms with Crippen LogP contribution < -0.4 is 10.2 Å². The summed E-state index contributed by atoms with van der Waals surface area (Å²) < 4.78 is 13.6. The molecule has 1 aliphatic rings. The Morgan fingerprint density at radius 2 is 2.00 bits per heavy atom. The third-order valence-corrected chi connectivity index (χ3v) is 3.16. The van der Waals surface area contributed by atoms with E-state index in [9.17, 15) is 19.3 Å². The molecule has 0 saturated carbocycles. The Bertz CT molecular complexity index is 748. The van der Waals surface area contributed by atoms with E-state index in [4.69, 9.17) is 0 Å². The Labute approximate surface area is 119 Å². The number of halogens is 1. The largest absolute Gasteiger partial charge is 0.330 e. The maximum Gasteiger partial charge on any atom is 0.274 e. The van der Waals surface area contributed by atoms with E-state index in [1.165, 1.54) is 12.1 Å². The molecule has 0 radical (unpaired) electrons. The van der Waals surface area contributed by atoms with Crippen LogP contribution in [-0.4, -0.2) is 17.4 Å². The number of non-ortho nitro benzene ring substituents is 1. The molecule has 106 valence electrons. The van der Waals surface area contributed by atoms with Crippen LogP contribution in [0, 0.1) is 15.9 Å². The zero-order valence-corrected chi connectivity index (χ0v) is 10.7. The predicted octanol–water partition coefficient (Wildman–Crippen LogP) is 2.82. The summed E-state index contributed by atoms with van der Waals surface area (Å²) in [6.07, 6.45) is 0. The molecule has 21 heavy (non-hydrogen) atoms. The van der Waals surface area contributed by atoms with Gasteiger partial charge in [0.05, 0.1) is 28.1 Å². The SMILES string of the molecule is O=C1CN(c2cc(F)cc([N+](=O)[O-])c2)c2ccccc2N1. The number of para-hydroxylation sites is 2. The lowest BCUT2D eigenvalue weighted by Gasteiger charge is -2.30. The second-order valence-electron chi connectivity index (χ2n) is 4.58. The molecule has 0 unspecified atom stereocenters. The van der Waals surface area contributed by atoms with E-state index in [0.717, 1.165) is 6.07 Å². The maximum atomic E-state index is 13.6. The molecule has 1 aliphatic heterocycles. The number of carbonyl (C=O) groups excluding carboxylic acids is 1. The van der Waals surface area contributed by atoms with Gasteiger partial charge in [-0.1, -0.05) is 12.1 Å². The molecule has 0 saturated heterocycles. The summed E-state index contributed by atoms with van der Waals surface area (Å²) in [5.74, 6) is -0.983. The molecule has 0 aliphatic carbocycles. The van der Waals surface area contributed by atoms with Crippen molar-refractivity contribution in [2.24, 2.45) is 0 Å². The fourth-order valence-corrected chi connectivity index (χ4v) is 2.28. The van der Waals surface area contributed by atoms with Crippen molar-refractivity contribution < 1.29 is 14.1 Å². The molecule has 1 amide bonds. The highest BCUT2D eigenvalue weighted by atomic mass is 19.1. The van der Waals surface area contributed by atoms with E-state index in [2.05, 4.69) is 5.32 Å². The number of benzene rings is 2. The molecule has 0 fully saturated rings. The number of anilines is 3. The van der Waals surface area contributed by atoms with Gasteiger partial charge in [-0.05, 0) is 18.2 Å². The van der Waals surface area contributed by atoms with Gasteiger partial charge in [0, 0.05) is 6.07 Å². The fourth-order valence-electron chi connectivity index (χ4n) is 2.28. The molecule has 0 atom stereocenters. The van der Waals surface area contributed by atoms with Crippen LogP contribution in [0.1, 0.15) is 0 Å². The van der Waals surface area contributed by atoms with Crippen molar-refractivity contribution in [1.29, 1.82) is 0 Å². The smallest absolute Gasteiger partial charge is 0.274 e. The lowest BCUT2D eigenvalue weighted by Crippen LogP contribution is -2.35. The molecule has 0 bridgehead atoms. The van der Waals surface area contributed by atoms with Gasteiger partial charge in [-0.3, -0.25) is 14.9 Å². The van der Waals surface area contributed by atoms with Crippen molar-refractivity contribution in [3.8, 4) is 0 Å². The van der Waals surface area contributed by atoms with Gasteiger partial charge in [-0.2, -0.15) is 0 Å². The number of rotatable bonds is 2. The van der Waals surface area contributed by atoms with E-state index in [0.29, 0.717) is 11.4 Å². The zero-order chi connectivity index (χ0) is 15.0. The van der Waals surface area contributed by atoms with Crippen LogP contribution in [-0.2, 0) is 4.79 Å². The van der Waals surface area contributed by atoms with Gasteiger partial charge in [0.15, 0.2) is 0 Å². The van der Waals surface area contributed by atoms with Crippen LogP contribution in [0.2, 0.25) is 0 Å². The third kappa shape index (κ3) is 2.40. The summed E-state index contributed by atoms with van der Waals surface area (Å²) in [7, 11) is 0. The lowest BCUT2D eigenvalue weighted by atomic mass is 10.1. The molecule has 7 heteroatoms. The Kier molecular flexibility index (Phi) is 3.02. The first-order valence-electron chi connectivity index (χ1n) is 6.16. The first kappa shape index (κ1) is 13.0. The number of fused-ring (bicyclic) bond motifs is 1. The number of hydrogen-bond donors (Lipinski definition) is 1. The van der Waals surface area contributed by atoms with Crippen molar-refractivity contribution >= 4 is 28.7 Å². The molecule has 2 aromatic rings. The summed E-state index contributed by atoms with van der Waals surface area (Å²) in [4.78, 5) is 23.5. The predicted molar refractivity (Wildman–Crippen MR) is 75.1 cm³/mol. The second kappa shape index (κ2) is 4.86. The highest BCUT2D eigenvalue weighted by molar-refractivity contribution is 6.03. The highest BCUT2D eigenvalue weighted by Gasteiger charge is 2.24. The van der Waals surface area contributed by atoms with Crippen LogP contribution in [0.3, 0.4) is 0 Å². The number of carbonyl (C=O) groups is 1. The van der Waals surface area contributed by atoms with E-state index in [-0.39, 0.29) is 23.8 Å². The Morgan fingerprint density at radius 1 is 1.24 bits per heavy atom. The van der Waals surface area contributed by atoms with Gasteiger partial charge < -0.3 is 10.2 Å². The average Bonchev–Trinajstić information content (AvgIpc) is 2.45. The third-order valence-electron chi connectivity index (χ3n) is 3.16. The summed E-state index contributed by atoms with van der Waals surface area (Å²) in [5.41, 5.74) is 1.16. The minimum absolute atomic E-state index is 0.0301. The molecule has 0 spiro atoms. The Hall–Kier alpha value is -2.96. The average molecular weight is 287 g/mol. The second-order valence-corrected chi connectivity index (χ2v) is 4.58. The molecule has 2 aromatic carbocycles. The van der Waals surface area contributed by atoms with Crippen LogP contribution >= 0.6 is 0 Å². The molecular formula is C14H10FN3O3. The first-order valence-corrected chi connectivity index (χ1v) is 6.16. The highest BCUT2D eigenvalue weighted by Crippen LogP contribution is 2.36. The molecular weight excluding hydrogens is 277 g/mol. The molecule has 6 nitrogen and oxygen atoms in total. The molecule has 1 N–H and O–H groups in total. The van der Waals surface area contributed by atoms with Gasteiger partial charge in [-0.25, -0.2) is 4.39 Å². The quantitative estimate of drug-likeness (QED) is 0.680. The van der Waals surface area contributed by atoms with Crippen molar-refractivity contribution in [2.75, 3.05) is 16.8 Å². The Morgan fingerprint density at radius 3 is 2.76 bits per heavy atom. The van der Waals surface area contributed by atoms with Crippen molar-refractivity contribution in [1.82, 2.24) is 0 Å². The zero-order valence-electron chi connectivity index (χ0n) is 10.7. The standard InChI is InChI=1S/C14H10FN3O3/c15-9-5-10(7-11(6-9)18(20)21)17-8-14(19)16-12-3-1-2-4-13(12)17/h1-7H,8H2,(H,16,19). The lowest BCUT2D eigenvalue weighted by molar-refractivity contribution is -0.385.